The Morgan fingerprint density at radius 3 is 2.56 bits per heavy atom. The number of benzene rings is 2. The van der Waals surface area contributed by atoms with Crippen LogP contribution in [-0.4, -0.2) is 28.9 Å². The van der Waals surface area contributed by atoms with Crippen LogP contribution in [0, 0.1) is 20.8 Å². The van der Waals surface area contributed by atoms with E-state index >= 15 is 0 Å². The molecule has 1 N–H and O–H groups in total. The molecule has 0 bridgehead atoms. The number of aromatic nitrogens is 1. The summed E-state index contributed by atoms with van der Waals surface area (Å²) in [4.78, 5) is 33.6. The number of carbonyl (C=O) groups excluding carboxylic acids is 2. The number of aryl methyl sites for hydroxylation is 3. The molecule has 2 aromatic heterocycles. The molecule has 2 aromatic carbocycles. The van der Waals surface area contributed by atoms with Gasteiger partial charge in [0.15, 0.2) is 5.13 Å². The minimum atomic E-state index is -0.760. The number of Topliss-reactive ketones (excluding diaryl/α,β-unsaturated/α-hetero) is 1. The van der Waals surface area contributed by atoms with Crippen LogP contribution in [0.5, 0.6) is 5.75 Å². The molecule has 6 nitrogen and oxygen atoms in total. The van der Waals surface area contributed by atoms with Gasteiger partial charge in [-0.05, 0) is 73.2 Å². The van der Waals surface area contributed by atoms with Gasteiger partial charge in [0.25, 0.3) is 5.78 Å². The van der Waals surface area contributed by atoms with Gasteiger partial charge in [-0.2, -0.15) is 0 Å². The number of methoxy groups -OCH3 is 1. The average Bonchev–Trinajstić information content (AvgIpc) is 3.52. The van der Waals surface area contributed by atoms with E-state index in [1.54, 1.807) is 25.3 Å². The Morgan fingerprint density at radius 1 is 1.09 bits per heavy atom. The largest absolute Gasteiger partial charge is 0.507 e. The lowest BCUT2D eigenvalue weighted by molar-refractivity contribution is -0.132. The number of thiophene rings is 1. The highest BCUT2D eigenvalue weighted by atomic mass is 32.1. The van der Waals surface area contributed by atoms with Crippen molar-refractivity contribution < 1.29 is 19.4 Å². The first-order chi connectivity index (χ1) is 16.3. The summed E-state index contributed by atoms with van der Waals surface area (Å²) in [6.07, 6.45) is 0. The normalized spacial score (nSPS) is 17.6. The van der Waals surface area contributed by atoms with Gasteiger partial charge >= 0.3 is 5.91 Å². The zero-order valence-electron chi connectivity index (χ0n) is 19.1. The Hall–Kier alpha value is -3.49. The van der Waals surface area contributed by atoms with Crippen molar-refractivity contribution in [1.82, 2.24) is 4.98 Å². The van der Waals surface area contributed by atoms with Crippen molar-refractivity contribution in [2.75, 3.05) is 12.0 Å². The van der Waals surface area contributed by atoms with E-state index in [9.17, 15) is 14.7 Å². The zero-order chi connectivity index (χ0) is 24.1. The van der Waals surface area contributed by atoms with Crippen LogP contribution < -0.4 is 9.64 Å². The van der Waals surface area contributed by atoms with Crippen LogP contribution in [0.1, 0.15) is 33.2 Å². The Morgan fingerprint density at radius 2 is 1.88 bits per heavy atom. The second-order valence-electron chi connectivity index (χ2n) is 8.29. The molecule has 0 radical (unpaired) electrons. The first kappa shape index (κ1) is 22.3. The maximum Gasteiger partial charge on any atom is 0.301 e. The monoisotopic (exact) mass is 490 g/mol. The van der Waals surface area contributed by atoms with E-state index in [4.69, 9.17) is 9.72 Å². The number of hydrogen-bond acceptors (Lipinski definition) is 7. The SMILES string of the molecule is COc1ccc(/C(O)=C2\C(=O)C(=O)N(c3nc4c(C)cc(C)cc4s3)[C@H]2c2cccs2)cc1C. The summed E-state index contributed by atoms with van der Waals surface area (Å²) in [7, 11) is 1.57. The molecule has 8 heteroatoms. The van der Waals surface area contributed by atoms with Crippen molar-refractivity contribution in [1.29, 1.82) is 0 Å². The quantitative estimate of drug-likeness (QED) is 0.218. The number of ether oxygens (including phenoxy) is 1. The number of carbonyl (C=O) groups is 2. The second kappa shape index (κ2) is 8.38. The van der Waals surface area contributed by atoms with Gasteiger partial charge in [-0.3, -0.25) is 14.5 Å². The molecule has 1 aliphatic rings. The molecule has 1 saturated heterocycles. The summed E-state index contributed by atoms with van der Waals surface area (Å²) in [6, 6.07) is 12.2. The first-order valence-corrected chi connectivity index (χ1v) is 12.4. The van der Waals surface area contributed by atoms with E-state index in [2.05, 4.69) is 0 Å². The summed E-state index contributed by atoms with van der Waals surface area (Å²) in [5.74, 6) is -0.958. The van der Waals surface area contributed by atoms with Crippen molar-refractivity contribution in [3.63, 3.8) is 0 Å². The lowest BCUT2D eigenvalue weighted by Gasteiger charge is -2.21. The molecule has 3 heterocycles. The molecule has 5 rings (SSSR count). The predicted octanol–water partition coefficient (Wildman–Crippen LogP) is 5.92. The summed E-state index contributed by atoms with van der Waals surface area (Å²) in [5.41, 5.74) is 4.24. The van der Waals surface area contributed by atoms with Crippen molar-refractivity contribution in [2.45, 2.75) is 26.8 Å². The molecule has 172 valence electrons. The van der Waals surface area contributed by atoms with Crippen LogP contribution in [0.4, 0.5) is 5.13 Å². The van der Waals surface area contributed by atoms with Gasteiger partial charge in [0.2, 0.25) is 0 Å². The molecule has 1 fully saturated rings. The maximum atomic E-state index is 13.3. The number of fused-ring (bicyclic) bond motifs is 1. The van der Waals surface area contributed by atoms with Gasteiger partial charge in [0.05, 0.1) is 22.9 Å². The fraction of sp³-hybridized carbons (Fsp3) is 0.192. The highest BCUT2D eigenvalue weighted by molar-refractivity contribution is 7.22. The van der Waals surface area contributed by atoms with E-state index in [0.29, 0.717) is 16.4 Å². The number of rotatable bonds is 4. The van der Waals surface area contributed by atoms with Crippen LogP contribution in [0.15, 0.2) is 53.4 Å². The fourth-order valence-corrected chi connectivity index (χ4v) is 6.38. The smallest absolute Gasteiger partial charge is 0.301 e. The molecule has 1 aliphatic heterocycles. The van der Waals surface area contributed by atoms with E-state index in [0.717, 1.165) is 31.8 Å². The minimum Gasteiger partial charge on any atom is -0.507 e. The van der Waals surface area contributed by atoms with Gasteiger partial charge in [0.1, 0.15) is 17.6 Å². The highest BCUT2D eigenvalue weighted by Crippen LogP contribution is 2.46. The predicted molar refractivity (Wildman–Crippen MR) is 136 cm³/mol. The zero-order valence-corrected chi connectivity index (χ0v) is 20.7. The summed E-state index contributed by atoms with van der Waals surface area (Å²) < 4.78 is 6.26. The van der Waals surface area contributed by atoms with Gasteiger partial charge in [-0.1, -0.05) is 23.5 Å². The fourth-order valence-electron chi connectivity index (χ4n) is 4.39. The van der Waals surface area contributed by atoms with E-state index in [1.165, 1.54) is 27.6 Å². The molecule has 0 aliphatic carbocycles. The molecular weight excluding hydrogens is 468 g/mol. The van der Waals surface area contributed by atoms with Gasteiger partial charge in [0, 0.05) is 10.4 Å². The Kier molecular flexibility index (Phi) is 5.50. The van der Waals surface area contributed by atoms with Gasteiger partial charge < -0.3 is 9.84 Å². The maximum absolute atomic E-state index is 13.3. The summed E-state index contributed by atoms with van der Waals surface area (Å²) >= 11 is 2.80. The molecule has 1 atom stereocenters. The number of nitrogens with zero attached hydrogens (tertiary/aromatic N) is 2. The number of anilines is 1. The third kappa shape index (κ3) is 3.50. The standard InChI is InChI=1S/C26H22N2O4S2/c1-13-10-15(3)21-19(11-13)34-26(27-21)28-22(18-6-5-9-33-18)20(24(30)25(28)31)23(29)16-7-8-17(32-4)14(2)12-16/h5-12,22,29H,1-4H3/b23-20+/t22-/m0/s1. The van der Waals surface area contributed by atoms with Gasteiger partial charge in [-0.15, -0.1) is 11.3 Å². The number of ketones is 1. The number of amides is 1. The van der Waals surface area contributed by atoms with E-state index < -0.39 is 17.7 Å². The molecule has 34 heavy (non-hydrogen) atoms. The number of thiazole rings is 1. The summed E-state index contributed by atoms with van der Waals surface area (Å²) in [6.45, 7) is 5.85. The lowest BCUT2D eigenvalue weighted by atomic mass is 9.99. The van der Waals surface area contributed by atoms with Crippen molar-refractivity contribution >= 4 is 55.5 Å². The molecule has 0 spiro atoms. The molecule has 4 aromatic rings. The van der Waals surface area contributed by atoms with Crippen molar-refractivity contribution in [3.8, 4) is 5.75 Å². The van der Waals surface area contributed by atoms with Crippen LogP contribution in [0.25, 0.3) is 16.0 Å². The van der Waals surface area contributed by atoms with Gasteiger partial charge in [-0.25, -0.2) is 4.98 Å². The highest BCUT2D eigenvalue weighted by Gasteiger charge is 2.48. The second-order valence-corrected chi connectivity index (χ2v) is 10.3. The number of hydrogen-bond donors (Lipinski definition) is 1. The number of aliphatic hydroxyl groups excluding tert-OH is 1. The minimum absolute atomic E-state index is 0.0594. The van der Waals surface area contributed by atoms with E-state index in [-0.39, 0.29) is 11.3 Å². The Balaban J connectivity index is 1.71. The molecule has 1 amide bonds. The lowest BCUT2D eigenvalue weighted by Crippen LogP contribution is -2.28. The first-order valence-electron chi connectivity index (χ1n) is 10.7. The molecule has 0 unspecified atom stereocenters. The Bertz CT molecular complexity index is 1480. The van der Waals surface area contributed by atoms with E-state index in [1.807, 2.05) is 50.4 Å². The number of aliphatic hydroxyl groups is 1. The van der Waals surface area contributed by atoms with Crippen molar-refractivity contribution in [3.05, 3.63) is 80.5 Å². The van der Waals surface area contributed by atoms with Crippen LogP contribution in [0.3, 0.4) is 0 Å². The third-order valence-electron chi connectivity index (χ3n) is 5.95. The molecular formula is C26H22N2O4S2. The van der Waals surface area contributed by atoms with Crippen molar-refractivity contribution in [2.24, 2.45) is 0 Å². The topological polar surface area (TPSA) is 79.7 Å². The van der Waals surface area contributed by atoms with Crippen LogP contribution in [-0.2, 0) is 9.59 Å². The summed E-state index contributed by atoms with van der Waals surface area (Å²) in [5, 5.41) is 13.6. The van der Waals surface area contributed by atoms with Crippen LogP contribution in [0.2, 0.25) is 0 Å². The average molecular weight is 491 g/mol. The van der Waals surface area contributed by atoms with Crippen LogP contribution >= 0.6 is 22.7 Å². The molecule has 0 saturated carbocycles. The third-order valence-corrected chi connectivity index (χ3v) is 7.88. The Labute approximate surface area is 204 Å².